The number of carbonyl (C=O) groups excluding carboxylic acids is 1. The van der Waals surface area contributed by atoms with Crippen molar-refractivity contribution in [2.75, 3.05) is 19.4 Å². The van der Waals surface area contributed by atoms with E-state index < -0.39 is 0 Å². The molecule has 0 atom stereocenters. The number of hydrogen-bond donors (Lipinski definition) is 1. The number of hydrogen-bond acceptors (Lipinski definition) is 4. The van der Waals surface area contributed by atoms with E-state index in [2.05, 4.69) is 4.98 Å². The lowest BCUT2D eigenvalue weighted by atomic mass is 10.1. The van der Waals surface area contributed by atoms with Crippen LogP contribution >= 0.6 is 0 Å². The summed E-state index contributed by atoms with van der Waals surface area (Å²) in [6.07, 6.45) is 1.72. The van der Waals surface area contributed by atoms with Crippen LogP contribution in [0.2, 0.25) is 0 Å². The number of methoxy groups -OCH3 is 1. The predicted molar refractivity (Wildman–Crippen MR) is 82.1 cm³/mol. The second kappa shape index (κ2) is 6.74. The molecule has 1 heterocycles. The zero-order valence-electron chi connectivity index (χ0n) is 12.2. The van der Waals surface area contributed by atoms with Gasteiger partial charge in [0, 0.05) is 12.7 Å². The number of ether oxygens (including phenoxy) is 1. The molecule has 5 heteroatoms. The van der Waals surface area contributed by atoms with Crippen LogP contribution in [0.4, 0.5) is 5.69 Å². The number of para-hydroxylation sites is 1. The predicted octanol–water partition coefficient (Wildman–Crippen LogP) is 2.33. The zero-order chi connectivity index (χ0) is 15.2. The Morgan fingerprint density at radius 2 is 2.10 bits per heavy atom. The highest BCUT2D eigenvalue weighted by Crippen LogP contribution is 2.27. The van der Waals surface area contributed by atoms with Gasteiger partial charge < -0.3 is 15.4 Å². The first kappa shape index (κ1) is 14.8. The topological polar surface area (TPSA) is 68.5 Å². The molecule has 0 aliphatic heterocycles. The van der Waals surface area contributed by atoms with Crippen molar-refractivity contribution in [1.29, 1.82) is 0 Å². The van der Waals surface area contributed by atoms with E-state index >= 15 is 0 Å². The summed E-state index contributed by atoms with van der Waals surface area (Å²) in [5.41, 5.74) is 7.62. The third-order valence-electron chi connectivity index (χ3n) is 3.23. The molecule has 1 aromatic carbocycles. The summed E-state index contributed by atoms with van der Waals surface area (Å²) in [4.78, 5) is 18.6. The van der Waals surface area contributed by atoms with Crippen LogP contribution < -0.4 is 10.5 Å². The summed E-state index contributed by atoms with van der Waals surface area (Å²) in [6.45, 7) is 2.96. The molecular weight excluding hydrogens is 266 g/mol. The maximum atomic E-state index is 12.7. The largest absolute Gasteiger partial charge is 0.494 e. The summed E-state index contributed by atoms with van der Waals surface area (Å²) in [5.74, 6) is 0.300. The maximum absolute atomic E-state index is 12.7. The van der Waals surface area contributed by atoms with Gasteiger partial charge in [0.25, 0.3) is 5.91 Å². The van der Waals surface area contributed by atoms with Crippen molar-refractivity contribution in [3.63, 3.8) is 0 Å². The first-order valence-electron chi connectivity index (χ1n) is 6.79. The molecule has 5 nitrogen and oxygen atoms in total. The first-order chi connectivity index (χ1) is 10.2. The minimum atomic E-state index is -0.118. The molecule has 0 unspecified atom stereocenters. The summed E-state index contributed by atoms with van der Waals surface area (Å²) < 4.78 is 5.25. The first-order valence-corrected chi connectivity index (χ1v) is 6.79. The zero-order valence-corrected chi connectivity index (χ0v) is 12.2. The van der Waals surface area contributed by atoms with Gasteiger partial charge in [0.15, 0.2) is 5.75 Å². The van der Waals surface area contributed by atoms with Gasteiger partial charge in [-0.05, 0) is 31.2 Å². The van der Waals surface area contributed by atoms with Crippen molar-refractivity contribution in [2.24, 2.45) is 0 Å². The van der Waals surface area contributed by atoms with Gasteiger partial charge in [0.1, 0.15) is 0 Å². The fraction of sp³-hybridized carbons (Fsp3) is 0.250. The van der Waals surface area contributed by atoms with Crippen LogP contribution in [-0.4, -0.2) is 29.4 Å². The number of pyridine rings is 1. The third kappa shape index (κ3) is 3.31. The molecule has 2 rings (SSSR count). The highest BCUT2D eigenvalue weighted by Gasteiger charge is 2.20. The molecule has 0 saturated carbocycles. The molecule has 2 N–H and O–H groups in total. The number of anilines is 1. The molecule has 1 aromatic heterocycles. The van der Waals surface area contributed by atoms with Crippen molar-refractivity contribution in [1.82, 2.24) is 9.88 Å². The van der Waals surface area contributed by atoms with Crippen LogP contribution in [-0.2, 0) is 6.54 Å². The van der Waals surface area contributed by atoms with Crippen LogP contribution in [0.3, 0.4) is 0 Å². The molecule has 2 aromatic rings. The highest BCUT2D eigenvalue weighted by molar-refractivity contribution is 5.98. The van der Waals surface area contributed by atoms with E-state index in [1.165, 1.54) is 7.11 Å². The molecule has 21 heavy (non-hydrogen) atoms. The number of carbonyl (C=O) groups is 1. The molecule has 0 aliphatic carbocycles. The quantitative estimate of drug-likeness (QED) is 0.856. The second-order valence-electron chi connectivity index (χ2n) is 4.57. The van der Waals surface area contributed by atoms with Gasteiger partial charge in [-0.25, -0.2) is 0 Å². The number of aromatic nitrogens is 1. The van der Waals surface area contributed by atoms with Crippen LogP contribution in [0, 0.1) is 0 Å². The van der Waals surface area contributed by atoms with Crippen molar-refractivity contribution in [3.05, 3.63) is 53.9 Å². The van der Waals surface area contributed by atoms with Gasteiger partial charge in [-0.3, -0.25) is 9.78 Å². The Labute approximate surface area is 124 Å². The Balaban J connectivity index is 2.27. The van der Waals surface area contributed by atoms with Crippen molar-refractivity contribution < 1.29 is 9.53 Å². The second-order valence-corrected chi connectivity index (χ2v) is 4.57. The fourth-order valence-electron chi connectivity index (χ4n) is 2.14. The Kier molecular flexibility index (Phi) is 4.77. The molecule has 0 radical (unpaired) electrons. The fourth-order valence-corrected chi connectivity index (χ4v) is 2.14. The van der Waals surface area contributed by atoms with Crippen molar-refractivity contribution in [3.8, 4) is 5.75 Å². The van der Waals surface area contributed by atoms with E-state index in [-0.39, 0.29) is 5.91 Å². The van der Waals surface area contributed by atoms with E-state index in [0.717, 1.165) is 5.69 Å². The number of benzene rings is 1. The Morgan fingerprint density at radius 3 is 2.71 bits per heavy atom. The number of amides is 1. The Hall–Kier alpha value is -2.56. The molecule has 0 spiro atoms. The summed E-state index contributed by atoms with van der Waals surface area (Å²) in [7, 11) is 1.51. The Bertz CT molecular complexity index is 614. The van der Waals surface area contributed by atoms with E-state index in [9.17, 15) is 4.79 Å². The summed E-state index contributed by atoms with van der Waals surface area (Å²) in [5, 5.41) is 0. The lowest BCUT2D eigenvalue weighted by Crippen LogP contribution is -2.31. The van der Waals surface area contributed by atoms with Gasteiger partial charge >= 0.3 is 0 Å². The molecule has 0 fully saturated rings. The van der Waals surface area contributed by atoms with Gasteiger partial charge in [0.05, 0.1) is 30.6 Å². The van der Waals surface area contributed by atoms with Crippen LogP contribution in [0.25, 0.3) is 0 Å². The standard InChI is InChI=1S/C16H19N3O2/c1-3-19(11-12-7-4-5-10-18-12)16(20)13-8-6-9-14(17)15(13)21-2/h4-10H,3,11,17H2,1-2H3. The molecule has 0 bridgehead atoms. The lowest BCUT2D eigenvalue weighted by molar-refractivity contribution is 0.0747. The molecule has 0 saturated heterocycles. The minimum Gasteiger partial charge on any atom is -0.494 e. The maximum Gasteiger partial charge on any atom is 0.258 e. The van der Waals surface area contributed by atoms with E-state index in [1.807, 2.05) is 25.1 Å². The summed E-state index contributed by atoms with van der Waals surface area (Å²) in [6, 6.07) is 10.8. The van der Waals surface area contributed by atoms with Crippen LogP contribution in [0.1, 0.15) is 23.0 Å². The van der Waals surface area contributed by atoms with E-state index in [1.54, 1.807) is 29.3 Å². The lowest BCUT2D eigenvalue weighted by Gasteiger charge is -2.22. The number of nitrogens with two attached hydrogens (primary N) is 1. The third-order valence-corrected chi connectivity index (χ3v) is 3.23. The Morgan fingerprint density at radius 1 is 1.29 bits per heavy atom. The van der Waals surface area contributed by atoms with Crippen molar-refractivity contribution in [2.45, 2.75) is 13.5 Å². The van der Waals surface area contributed by atoms with E-state index in [0.29, 0.717) is 30.1 Å². The smallest absolute Gasteiger partial charge is 0.258 e. The monoisotopic (exact) mass is 285 g/mol. The van der Waals surface area contributed by atoms with Gasteiger partial charge in [-0.15, -0.1) is 0 Å². The van der Waals surface area contributed by atoms with Gasteiger partial charge in [-0.1, -0.05) is 12.1 Å². The average molecular weight is 285 g/mol. The number of nitrogens with zero attached hydrogens (tertiary/aromatic N) is 2. The van der Waals surface area contributed by atoms with Crippen LogP contribution in [0.5, 0.6) is 5.75 Å². The summed E-state index contributed by atoms with van der Waals surface area (Å²) >= 11 is 0. The van der Waals surface area contributed by atoms with Gasteiger partial charge in [-0.2, -0.15) is 0 Å². The highest BCUT2D eigenvalue weighted by atomic mass is 16.5. The molecule has 0 aliphatic rings. The van der Waals surface area contributed by atoms with Gasteiger partial charge in [0.2, 0.25) is 0 Å². The minimum absolute atomic E-state index is 0.118. The molecule has 1 amide bonds. The van der Waals surface area contributed by atoms with E-state index in [4.69, 9.17) is 10.5 Å². The molecular formula is C16H19N3O2. The molecule has 110 valence electrons. The SMILES string of the molecule is CCN(Cc1ccccn1)C(=O)c1cccc(N)c1OC. The number of nitrogen functional groups attached to an aromatic ring is 1. The normalized spacial score (nSPS) is 10.2. The number of rotatable bonds is 5. The average Bonchev–Trinajstić information content (AvgIpc) is 2.52. The van der Waals surface area contributed by atoms with Crippen LogP contribution in [0.15, 0.2) is 42.6 Å². The van der Waals surface area contributed by atoms with Crippen molar-refractivity contribution >= 4 is 11.6 Å².